The van der Waals surface area contributed by atoms with E-state index in [0.29, 0.717) is 0 Å². The Kier molecular flexibility index (Phi) is 5.57. The molecule has 5 heteroatoms. The van der Waals surface area contributed by atoms with Gasteiger partial charge in [0.25, 0.3) is 0 Å². The minimum atomic E-state index is -0.209. The van der Waals surface area contributed by atoms with Gasteiger partial charge in [0.1, 0.15) is 5.82 Å². The van der Waals surface area contributed by atoms with Crippen molar-refractivity contribution in [1.29, 1.82) is 0 Å². The van der Waals surface area contributed by atoms with E-state index < -0.39 is 0 Å². The summed E-state index contributed by atoms with van der Waals surface area (Å²) in [6.07, 6.45) is 0.861. The predicted molar refractivity (Wildman–Crippen MR) is 86.2 cm³/mol. The minimum Gasteiger partial charge on any atom is -0.310 e. The number of rotatable bonds is 5. The first-order chi connectivity index (χ1) is 9.08. The lowest BCUT2D eigenvalue weighted by Gasteiger charge is -2.18. The first kappa shape index (κ1) is 15.2. The normalized spacial score (nSPS) is 12.6. The van der Waals surface area contributed by atoms with Gasteiger partial charge in [0.2, 0.25) is 0 Å². The number of hydrogen-bond donors (Lipinski definition) is 1. The molecule has 1 N–H and O–H groups in total. The largest absolute Gasteiger partial charge is 0.310 e. The Labute approximate surface area is 133 Å². The smallest absolute Gasteiger partial charge is 0.124 e. The molecule has 0 bridgehead atoms. The van der Waals surface area contributed by atoms with E-state index in [-0.39, 0.29) is 11.9 Å². The van der Waals surface area contributed by atoms with Gasteiger partial charge in [-0.3, -0.25) is 0 Å². The van der Waals surface area contributed by atoms with Gasteiger partial charge in [-0.1, -0.05) is 22.9 Å². The minimum absolute atomic E-state index is 0.127. The summed E-state index contributed by atoms with van der Waals surface area (Å²) in [5.41, 5.74) is 0.971. The van der Waals surface area contributed by atoms with Crippen LogP contribution in [0.1, 0.15) is 23.4 Å². The molecule has 0 radical (unpaired) electrons. The number of nitrogens with one attached hydrogen (secondary N) is 1. The molecule has 0 aliphatic heterocycles. The van der Waals surface area contributed by atoms with Crippen LogP contribution in [0.2, 0.25) is 0 Å². The van der Waals surface area contributed by atoms with Crippen molar-refractivity contribution in [3.05, 3.63) is 54.8 Å². The zero-order valence-corrected chi connectivity index (χ0v) is 14.4. The number of hydrogen-bond acceptors (Lipinski definition) is 2. The highest BCUT2D eigenvalue weighted by molar-refractivity contribution is 9.11. The van der Waals surface area contributed by atoms with E-state index in [1.165, 1.54) is 10.9 Å². The molecule has 1 heterocycles. The van der Waals surface area contributed by atoms with Gasteiger partial charge in [-0.05, 0) is 58.4 Å². The van der Waals surface area contributed by atoms with Crippen LogP contribution < -0.4 is 5.32 Å². The fourth-order valence-electron chi connectivity index (χ4n) is 1.99. The van der Waals surface area contributed by atoms with Crippen LogP contribution in [0.15, 0.2) is 38.6 Å². The lowest BCUT2D eigenvalue weighted by Crippen LogP contribution is -2.22. The van der Waals surface area contributed by atoms with Crippen LogP contribution in [0.25, 0.3) is 0 Å². The molecular weight excluding hydrogens is 393 g/mol. The Balaban J connectivity index is 2.23. The Morgan fingerprint density at radius 3 is 2.63 bits per heavy atom. The molecule has 2 aromatic rings. The van der Waals surface area contributed by atoms with Crippen LogP contribution in [0, 0.1) is 5.82 Å². The Morgan fingerprint density at radius 1 is 1.26 bits per heavy atom. The lowest BCUT2D eigenvalue weighted by molar-refractivity contribution is 0.545. The fourth-order valence-corrected chi connectivity index (χ4v) is 4.00. The summed E-state index contributed by atoms with van der Waals surface area (Å²) in [5.74, 6) is -0.209. The molecule has 0 saturated heterocycles. The molecule has 0 spiro atoms. The number of benzene rings is 1. The highest BCUT2D eigenvalue weighted by Gasteiger charge is 2.14. The van der Waals surface area contributed by atoms with Gasteiger partial charge in [-0.25, -0.2) is 4.39 Å². The molecule has 1 unspecified atom stereocenters. The third-order valence-electron chi connectivity index (χ3n) is 2.77. The summed E-state index contributed by atoms with van der Waals surface area (Å²) in [7, 11) is 0. The van der Waals surface area contributed by atoms with E-state index >= 15 is 0 Å². The zero-order chi connectivity index (χ0) is 13.8. The second-order valence-electron chi connectivity index (χ2n) is 4.22. The van der Waals surface area contributed by atoms with E-state index in [1.54, 1.807) is 17.4 Å². The second-order valence-corrected chi connectivity index (χ2v) is 7.69. The van der Waals surface area contributed by atoms with E-state index in [9.17, 15) is 4.39 Å². The number of halogens is 3. The molecular formula is C14H14Br2FNS. The SMILES string of the molecule is CCNC(Cc1ccc(Br)s1)c1cc(F)cc(Br)c1. The fraction of sp³-hybridized carbons (Fsp3) is 0.286. The Morgan fingerprint density at radius 2 is 2.05 bits per heavy atom. The van der Waals surface area contributed by atoms with Crippen LogP contribution in [0.5, 0.6) is 0 Å². The van der Waals surface area contributed by atoms with Gasteiger partial charge in [0.05, 0.1) is 3.79 Å². The van der Waals surface area contributed by atoms with Crippen LogP contribution in [0.4, 0.5) is 4.39 Å². The Bertz CT molecular complexity index is 536. The maximum atomic E-state index is 13.5. The van der Waals surface area contributed by atoms with Crippen LogP contribution in [-0.2, 0) is 6.42 Å². The van der Waals surface area contributed by atoms with Gasteiger partial charge in [-0.15, -0.1) is 11.3 Å². The van der Waals surface area contributed by atoms with Crippen molar-refractivity contribution in [1.82, 2.24) is 5.32 Å². The van der Waals surface area contributed by atoms with Gasteiger partial charge >= 0.3 is 0 Å². The molecule has 0 fully saturated rings. The van der Waals surface area contributed by atoms with Crippen molar-refractivity contribution >= 4 is 43.2 Å². The summed E-state index contributed by atoms with van der Waals surface area (Å²) in [6, 6.07) is 9.33. The quantitative estimate of drug-likeness (QED) is 0.709. The molecule has 0 amide bonds. The van der Waals surface area contributed by atoms with Gasteiger partial charge in [0.15, 0.2) is 0 Å². The summed E-state index contributed by atoms with van der Waals surface area (Å²) in [5, 5.41) is 3.41. The summed E-state index contributed by atoms with van der Waals surface area (Å²) >= 11 is 8.54. The third-order valence-corrected chi connectivity index (χ3v) is 4.88. The van der Waals surface area contributed by atoms with Crippen molar-refractivity contribution < 1.29 is 4.39 Å². The zero-order valence-electron chi connectivity index (χ0n) is 10.4. The summed E-state index contributed by atoms with van der Waals surface area (Å²) < 4.78 is 15.4. The van der Waals surface area contributed by atoms with Crippen LogP contribution >= 0.6 is 43.2 Å². The van der Waals surface area contributed by atoms with E-state index in [2.05, 4.69) is 50.2 Å². The molecule has 1 nitrogen and oxygen atoms in total. The molecule has 19 heavy (non-hydrogen) atoms. The van der Waals surface area contributed by atoms with Gasteiger partial charge in [0, 0.05) is 21.8 Å². The predicted octanol–water partition coefficient (Wildman–Crippen LogP) is 5.31. The first-order valence-corrected chi connectivity index (χ1v) is 8.42. The molecule has 2 rings (SSSR count). The van der Waals surface area contributed by atoms with E-state index in [1.807, 2.05) is 12.1 Å². The van der Waals surface area contributed by atoms with Crippen molar-refractivity contribution in [3.8, 4) is 0 Å². The molecule has 1 atom stereocenters. The molecule has 1 aromatic carbocycles. The molecule has 0 aliphatic rings. The molecule has 102 valence electrons. The number of likely N-dealkylation sites (N-methyl/N-ethyl adjacent to an activating group) is 1. The van der Waals surface area contributed by atoms with Crippen molar-refractivity contribution in [2.75, 3.05) is 6.54 Å². The monoisotopic (exact) mass is 405 g/mol. The molecule has 1 aromatic heterocycles. The average Bonchev–Trinajstić information content (AvgIpc) is 2.73. The lowest BCUT2D eigenvalue weighted by atomic mass is 10.0. The van der Waals surface area contributed by atoms with Crippen molar-refractivity contribution in [3.63, 3.8) is 0 Å². The van der Waals surface area contributed by atoms with Gasteiger partial charge in [-0.2, -0.15) is 0 Å². The standard InChI is InChI=1S/C14H14Br2FNS/c1-2-18-13(8-12-3-4-14(16)19-12)9-5-10(15)7-11(17)6-9/h3-7,13,18H,2,8H2,1H3. The highest BCUT2D eigenvalue weighted by atomic mass is 79.9. The first-order valence-electron chi connectivity index (χ1n) is 6.02. The Hall–Kier alpha value is -0.230. The molecule has 0 aliphatic carbocycles. The van der Waals surface area contributed by atoms with Crippen molar-refractivity contribution in [2.45, 2.75) is 19.4 Å². The maximum absolute atomic E-state index is 13.5. The van der Waals surface area contributed by atoms with Gasteiger partial charge < -0.3 is 5.32 Å². The topological polar surface area (TPSA) is 12.0 Å². The highest BCUT2D eigenvalue weighted by Crippen LogP contribution is 2.28. The number of thiophene rings is 1. The summed E-state index contributed by atoms with van der Waals surface area (Å²) in [6.45, 7) is 2.91. The van der Waals surface area contributed by atoms with E-state index in [0.717, 1.165) is 26.8 Å². The third kappa shape index (κ3) is 4.38. The summed E-state index contributed by atoms with van der Waals surface area (Å²) in [4.78, 5) is 1.28. The molecule has 0 saturated carbocycles. The van der Waals surface area contributed by atoms with Crippen LogP contribution in [0.3, 0.4) is 0 Å². The average molecular weight is 407 g/mol. The van der Waals surface area contributed by atoms with Crippen molar-refractivity contribution in [2.24, 2.45) is 0 Å². The van der Waals surface area contributed by atoms with Crippen LogP contribution in [-0.4, -0.2) is 6.54 Å². The second kappa shape index (κ2) is 6.97. The maximum Gasteiger partial charge on any atom is 0.124 e. The van der Waals surface area contributed by atoms with E-state index in [4.69, 9.17) is 0 Å².